The number of Topliss-reactive ketones (excluding diaryl/α,β-unsaturated/α-hetero) is 1. The van der Waals surface area contributed by atoms with Gasteiger partial charge in [0, 0.05) is 12.3 Å². The molecule has 1 amide bonds. The molecule has 2 rings (SSSR count). The SMILES string of the molecule is CCC(=O)[C@@H](C)[C@H](O)[C@H](CO[Si](c1ccccc1)(c1ccccc1)C(C)(C)C)NC(=O)OC(C)(C)C. The number of alkyl carbamates (subject to hydrolysis) is 1. The fourth-order valence-electron chi connectivity index (χ4n) is 4.52. The van der Waals surface area contributed by atoms with Crippen molar-refractivity contribution in [2.24, 2.45) is 5.92 Å². The third kappa shape index (κ3) is 7.28. The number of ketones is 1. The van der Waals surface area contributed by atoms with Crippen molar-refractivity contribution in [2.75, 3.05) is 6.61 Å². The van der Waals surface area contributed by atoms with Crippen LogP contribution in [-0.2, 0) is 14.0 Å². The minimum absolute atomic E-state index is 0.0228. The van der Waals surface area contributed by atoms with Crippen LogP contribution in [0.4, 0.5) is 4.79 Å². The summed E-state index contributed by atoms with van der Waals surface area (Å²) in [5.41, 5.74) is -0.705. The molecule has 0 spiro atoms. The second-order valence-corrected chi connectivity index (χ2v) is 15.6. The maximum absolute atomic E-state index is 12.7. The Labute approximate surface area is 217 Å². The quantitative estimate of drug-likeness (QED) is 0.459. The smallest absolute Gasteiger partial charge is 0.408 e. The fraction of sp³-hybridized carbons (Fsp3) is 0.517. The number of carbonyl (C=O) groups is 2. The van der Waals surface area contributed by atoms with E-state index in [9.17, 15) is 14.7 Å². The maximum atomic E-state index is 12.7. The zero-order valence-corrected chi connectivity index (χ0v) is 24.0. The Morgan fingerprint density at radius 1 is 0.917 bits per heavy atom. The molecule has 0 saturated heterocycles. The molecule has 198 valence electrons. The molecular weight excluding hydrogens is 470 g/mol. The van der Waals surface area contributed by atoms with Gasteiger partial charge in [-0.05, 0) is 36.2 Å². The molecule has 6 nitrogen and oxygen atoms in total. The van der Waals surface area contributed by atoms with Crippen molar-refractivity contribution in [3.63, 3.8) is 0 Å². The van der Waals surface area contributed by atoms with Crippen LogP contribution in [0.15, 0.2) is 60.7 Å². The third-order valence-corrected chi connectivity index (χ3v) is 11.4. The van der Waals surface area contributed by atoms with Gasteiger partial charge in [-0.2, -0.15) is 0 Å². The van der Waals surface area contributed by atoms with Crippen LogP contribution in [0.25, 0.3) is 0 Å². The minimum Gasteiger partial charge on any atom is -0.444 e. The summed E-state index contributed by atoms with van der Waals surface area (Å²) in [5, 5.41) is 15.9. The van der Waals surface area contributed by atoms with E-state index in [1.54, 1.807) is 34.6 Å². The molecule has 2 N–H and O–H groups in total. The summed E-state index contributed by atoms with van der Waals surface area (Å²) < 4.78 is 12.4. The number of aliphatic hydroxyl groups is 1. The van der Waals surface area contributed by atoms with Crippen LogP contribution in [0.2, 0.25) is 5.04 Å². The summed E-state index contributed by atoms with van der Waals surface area (Å²) in [6.07, 6.45) is -1.50. The Morgan fingerprint density at radius 2 is 1.39 bits per heavy atom. The van der Waals surface area contributed by atoms with E-state index in [-0.39, 0.29) is 17.4 Å². The largest absolute Gasteiger partial charge is 0.444 e. The molecule has 36 heavy (non-hydrogen) atoms. The summed E-state index contributed by atoms with van der Waals surface area (Å²) in [7, 11) is -2.91. The summed E-state index contributed by atoms with van der Waals surface area (Å²) in [6.45, 7) is 15.3. The highest BCUT2D eigenvalue weighted by Crippen LogP contribution is 2.37. The average molecular weight is 514 g/mol. The minimum atomic E-state index is -2.91. The monoisotopic (exact) mass is 513 g/mol. The number of hydrogen-bond acceptors (Lipinski definition) is 5. The van der Waals surface area contributed by atoms with E-state index in [1.165, 1.54) is 0 Å². The van der Waals surface area contributed by atoms with Gasteiger partial charge in [-0.25, -0.2) is 4.79 Å². The highest BCUT2D eigenvalue weighted by molar-refractivity contribution is 6.99. The van der Waals surface area contributed by atoms with Crippen molar-refractivity contribution in [3.8, 4) is 0 Å². The number of benzene rings is 2. The van der Waals surface area contributed by atoms with Crippen LogP contribution in [0.1, 0.15) is 61.8 Å². The molecule has 0 aliphatic carbocycles. The number of aliphatic hydroxyl groups excluding tert-OH is 1. The number of carbonyl (C=O) groups excluding carboxylic acids is 2. The lowest BCUT2D eigenvalue weighted by molar-refractivity contribution is -0.126. The summed E-state index contributed by atoms with van der Waals surface area (Å²) in [5.74, 6) is -0.748. The van der Waals surface area contributed by atoms with Gasteiger partial charge in [0.25, 0.3) is 8.32 Å². The van der Waals surface area contributed by atoms with Crippen LogP contribution in [0.5, 0.6) is 0 Å². The molecule has 0 saturated carbocycles. The van der Waals surface area contributed by atoms with Gasteiger partial charge in [-0.15, -0.1) is 0 Å². The van der Waals surface area contributed by atoms with Crippen molar-refractivity contribution >= 4 is 30.6 Å². The Balaban J connectivity index is 2.53. The van der Waals surface area contributed by atoms with Gasteiger partial charge in [0.2, 0.25) is 0 Å². The molecule has 2 aromatic rings. The molecule has 0 unspecified atom stereocenters. The first-order chi connectivity index (χ1) is 16.7. The highest BCUT2D eigenvalue weighted by atomic mass is 28.4. The van der Waals surface area contributed by atoms with E-state index in [4.69, 9.17) is 9.16 Å². The van der Waals surface area contributed by atoms with E-state index in [1.807, 2.05) is 36.4 Å². The fourth-order valence-corrected chi connectivity index (χ4v) is 9.11. The number of rotatable bonds is 10. The first-order valence-electron chi connectivity index (χ1n) is 12.7. The zero-order valence-electron chi connectivity index (χ0n) is 23.0. The molecule has 2 aromatic carbocycles. The van der Waals surface area contributed by atoms with Gasteiger partial charge in [0.15, 0.2) is 0 Å². The van der Waals surface area contributed by atoms with Gasteiger partial charge < -0.3 is 19.6 Å². The Kier molecular flexibility index (Phi) is 10.1. The first-order valence-corrected chi connectivity index (χ1v) is 14.6. The van der Waals surface area contributed by atoms with E-state index >= 15 is 0 Å². The van der Waals surface area contributed by atoms with Gasteiger partial charge >= 0.3 is 6.09 Å². The lowest BCUT2D eigenvalue weighted by Gasteiger charge is -2.44. The van der Waals surface area contributed by atoms with E-state index in [2.05, 4.69) is 50.4 Å². The molecule has 7 heteroatoms. The number of ether oxygens (including phenoxy) is 1. The molecule has 0 aliphatic heterocycles. The summed E-state index contributed by atoms with van der Waals surface area (Å²) >= 11 is 0. The molecule has 0 fully saturated rings. The second kappa shape index (κ2) is 12.2. The molecule has 0 heterocycles. The average Bonchev–Trinajstić information content (AvgIpc) is 2.81. The first kappa shape index (κ1) is 29.7. The van der Waals surface area contributed by atoms with Gasteiger partial charge in [-0.3, -0.25) is 4.79 Å². The normalized spacial score (nSPS) is 15.0. The van der Waals surface area contributed by atoms with Crippen LogP contribution >= 0.6 is 0 Å². The van der Waals surface area contributed by atoms with E-state index in [0.29, 0.717) is 6.42 Å². The van der Waals surface area contributed by atoms with Crippen molar-refractivity contribution in [3.05, 3.63) is 60.7 Å². The van der Waals surface area contributed by atoms with Crippen molar-refractivity contribution < 1.29 is 23.9 Å². The van der Waals surface area contributed by atoms with Crippen molar-refractivity contribution in [1.82, 2.24) is 5.32 Å². The Hall–Kier alpha value is -2.48. The maximum Gasteiger partial charge on any atom is 0.408 e. The Morgan fingerprint density at radius 3 is 1.78 bits per heavy atom. The number of hydrogen-bond donors (Lipinski definition) is 2. The van der Waals surface area contributed by atoms with Crippen molar-refractivity contribution in [1.29, 1.82) is 0 Å². The molecule has 0 aromatic heterocycles. The molecule has 0 radical (unpaired) electrons. The highest BCUT2D eigenvalue weighted by Gasteiger charge is 2.51. The van der Waals surface area contributed by atoms with Gasteiger partial charge in [0.1, 0.15) is 11.4 Å². The van der Waals surface area contributed by atoms with Crippen LogP contribution in [0, 0.1) is 5.92 Å². The lowest BCUT2D eigenvalue weighted by atomic mass is 9.93. The topological polar surface area (TPSA) is 84.9 Å². The summed E-state index contributed by atoms with van der Waals surface area (Å²) in [4.78, 5) is 25.2. The predicted molar refractivity (Wildman–Crippen MR) is 147 cm³/mol. The van der Waals surface area contributed by atoms with Crippen LogP contribution in [-0.4, -0.2) is 49.7 Å². The summed E-state index contributed by atoms with van der Waals surface area (Å²) in [6, 6.07) is 19.5. The van der Waals surface area contributed by atoms with Gasteiger partial charge in [-0.1, -0.05) is 95.3 Å². The molecule has 3 atom stereocenters. The zero-order chi connectivity index (χ0) is 27.1. The molecule has 0 aliphatic rings. The van der Waals surface area contributed by atoms with Crippen LogP contribution < -0.4 is 15.7 Å². The van der Waals surface area contributed by atoms with Crippen molar-refractivity contribution in [2.45, 2.75) is 84.6 Å². The Bertz CT molecular complexity index is 943. The predicted octanol–water partition coefficient (Wildman–Crippen LogP) is 4.43. The van der Waals surface area contributed by atoms with Crippen LogP contribution in [0.3, 0.4) is 0 Å². The third-order valence-electron chi connectivity index (χ3n) is 6.38. The van der Waals surface area contributed by atoms with Gasteiger partial charge in [0.05, 0.1) is 18.8 Å². The van der Waals surface area contributed by atoms with E-state index < -0.39 is 38.1 Å². The number of nitrogens with one attached hydrogen (secondary N) is 1. The van der Waals surface area contributed by atoms with E-state index in [0.717, 1.165) is 10.4 Å². The lowest BCUT2D eigenvalue weighted by Crippen LogP contribution is -2.68. The molecule has 0 bridgehead atoms. The second-order valence-electron chi connectivity index (χ2n) is 11.3. The number of amides is 1. The molecular formula is C29H43NO5Si. The standard InChI is InChI=1S/C29H43NO5Si/c1-9-25(31)21(2)26(32)24(30-27(33)35-28(3,4)5)20-34-36(29(6,7)8,22-16-12-10-13-17-22)23-18-14-11-15-19-23/h10-19,21,24,26,32H,9,20H2,1-8H3,(H,30,33)/t21-,24+,26+/m1/s1.